The van der Waals surface area contributed by atoms with Crippen molar-refractivity contribution in [3.8, 4) is 0 Å². The van der Waals surface area contributed by atoms with Gasteiger partial charge in [-0.1, -0.05) is 11.6 Å². The Morgan fingerprint density at radius 2 is 2.43 bits per heavy atom. The van der Waals surface area contributed by atoms with Crippen LogP contribution in [0.15, 0.2) is 11.6 Å². The minimum atomic E-state index is 0.508. The number of likely N-dealkylation sites (N-methyl/N-ethyl adjacent to an activating group) is 1. The molecule has 82 valence electrons. The first-order chi connectivity index (χ1) is 6.77. The van der Waals surface area contributed by atoms with Gasteiger partial charge in [0.25, 0.3) is 0 Å². The molecule has 3 heteroatoms. The highest BCUT2D eigenvalue weighted by molar-refractivity contribution is 5.05. The van der Waals surface area contributed by atoms with Gasteiger partial charge in [0, 0.05) is 32.8 Å². The molecule has 0 amide bonds. The van der Waals surface area contributed by atoms with Crippen molar-refractivity contribution in [1.82, 2.24) is 10.2 Å². The normalized spacial score (nSPS) is 20.6. The summed E-state index contributed by atoms with van der Waals surface area (Å²) in [4.78, 5) is 2.50. The maximum Gasteiger partial charge on any atom is 0.0630 e. The van der Waals surface area contributed by atoms with Crippen LogP contribution in [0.1, 0.15) is 13.3 Å². The quantitative estimate of drug-likeness (QED) is 0.664. The van der Waals surface area contributed by atoms with E-state index >= 15 is 0 Å². The fourth-order valence-electron chi connectivity index (χ4n) is 1.97. The van der Waals surface area contributed by atoms with Crippen LogP contribution >= 0.6 is 0 Å². The molecule has 1 N–H and O–H groups in total. The van der Waals surface area contributed by atoms with Crippen LogP contribution in [0.4, 0.5) is 0 Å². The minimum Gasteiger partial charge on any atom is -0.383 e. The van der Waals surface area contributed by atoms with Crippen molar-refractivity contribution < 1.29 is 4.74 Å². The molecule has 0 aromatic heterocycles. The highest BCUT2D eigenvalue weighted by Gasteiger charge is 2.19. The van der Waals surface area contributed by atoms with Gasteiger partial charge in [0.05, 0.1) is 6.61 Å². The van der Waals surface area contributed by atoms with Crippen LogP contribution in [0.25, 0.3) is 0 Å². The molecule has 0 bridgehead atoms. The Bertz CT molecular complexity index is 186. The Balaban J connectivity index is 2.46. The van der Waals surface area contributed by atoms with Gasteiger partial charge >= 0.3 is 0 Å². The van der Waals surface area contributed by atoms with Crippen LogP contribution in [0, 0.1) is 0 Å². The average Bonchev–Trinajstić information content (AvgIpc) is 2.17. The summed E-state index contributed by atoms with van der Waals surface area (Å²) >= 11 is 0. The molecule has 1 aliphatic rings. The maximum absolute atomic E-state index is 5.24. The molecular weight excluding hydrogens is 176 g/mol. The van der Waals surface area contributed by atoms with Crippen LogP contribution in [-0.2, 0) is 4.74 Å². The lowest BCUT2D eigenvalue weighted by Crippen LogP contribution is -2.46. The molecule has 0 saturated carbocycles. The SMILES string of the molecule is CNCC(COC)N1CCC=C(C)C1. The molecule has 0 spiro atoms. The van der Waals surface area contributed by atoms with Crippen molar-refractivity contribution in [2.45, 2.75) is 19.4 Å². The Morgan fingerprint density at radius 1 is 1.64 bits per heavy atom. The number of nitrogens with zero attached hydrogens (tertiary/aromatic N) is 1. The predicted octanol–water partition coefficient (Wildman–Crippen LogP) is 0.873. The second-order valence-corrected chi connectivity index (χ2v) is 3.98. The van der Waals surface area contributed by atoms with E-state index in [1.807, 2.05) is 7.05 Å². The second-order valence-electron chi connectivity index (χ2n) is 3.98. The fraction of sp³-hybridized carbons (Fsp3) is 0.818. The van der Waals surface area contributed by atoms with E-state index in [-0.39, 0.29) is 0 Å². The highest BCUT2D eigenvalue weighted by Crippen LogP contribution is 2.12. The Labute approximate surface area is 87.1 Å². The van der Waals surface area contributed by atoms with Gasteiger partial charge in [-0.05, 0) is 20.4 Å². The topological polar surface area (TPSA) is 24.5 Å². The van der Waals surface area contributed by atoms with E-state index in [4.69, 9.17) is 4.74 Å². The van der Waals surface area contributed by atoms with Crippen LogP contribution in [0.2, 0.25) is 0 Å². The summed E-state index contributed by atoms with van der Waals surface area (Å²) in [7, 11) is 3.77. The summed E-state index contributed by atoms with van der Waals surface area (Å²) < 4.78 is 5.24. The van der Waals surface area contributed by atoms with Gasteiger partial charge in [-0.25, -0.2) is 0 Å². The van der Waals surface area contributed by atoms with Gasteiger partial charge < -0.3 is 10.1 Å². The van der Waals surface area contributed by atoms with E-state index in [1.54, 1.807) is 7.11 Å². The third-order valence-corrected chi connectivity index (χ3v) is 2.68. The summed E-state index contributed by atoms with van der Waals surface area (Å²) in [6, 6.07) is 0.508. The first kappa shape index (κ1) is 11.7. The van der Waals surface area contributed by atoms with Crippen molar-refractivity contribution >= 4 is 0 Å². The lowest BCUT2D eigenvalue weighted by molar-refractivity contribution is 0.0942. The van der Waals surface area contributed by atoms with Crippen LogP contribution in [-0.4, -0.2) is 51.3 Å². The largest absolute Gasteiger partial charge is 0.383 e. The fourth-order valence-corrected chi connectivity index (χ4v) is 1.97. The highest BCUT2D eigenvalue weighted by atomic mass is 16.5. The van der Waals surface area contributed by atoms with Gasteiger partial charge in [-0.3, -0.25) is 4.90 Å². The van der Waals surface area contributed by atoms with Crippen molar-refractivity contribution in [2.24, 2.45) is 0 Å². The number of methoxy groups -OCH3 is 1. The number of hydrogen-bond acceptors (Lipinski definition) is 3. The number of rotatable bonds is 5. The molecule has 1 unspecified atom stereocenters. The molecule has 1 heterocycles. The lowest BCUT2D eigenvalue weighted by Gasteiger charge is -2.33. The molecule has 3 nitrogen and oxygen atoms in total. The molecule has 0 aliphatic carbocycles. The van der Waals surface area contributed by atoms with E-state index in [2.05, 4.69) is 23.2 Å². The van der Waals surface area contributed by atoms with E-state index < -0.39 is 0 Å². The van der Waals surface area contributed by atoms with E-state index in [9.17, 15) is 0 Å². The Hall–Kier alpha value is -0.380. The van der Waals surface area contributed by atoms with E-state index in [0.29, 0.717) is 6.04 Å². The van der Waals surface area contributed by atoms with Crippen LogP contribution < -0.4 is 5.32 Å². The summed E-state index contributed by atoms with van der Waals surface area (Å²) in [6.07, 6.45) is 3.51. The van der Waals surface area contributed by atoms with Crippen LogP contribution in [0.3, 0.4) is 0 Å². The number of hydrogen-bond donors (Lipinski definition) is 1. The number of ether oxygens (including phenoxy) is 1. The summed E-state index contributed by atoms with van der Waals surface area (Å²) in [5.74, 6) is 0. The zero-order valence-electron chi connectivity index (χ0n) is 9.55. The van der Waals surface area contributed by atoms with Crippen molar-refractivity contribution in [2.75, 3.05) is 40.4 Å². The summed E-state index contributed by atoms with van der Waals surface area (Å²) in [5, 5.41) is 3.22. The second kappa shape index (κ2) is 6.17. The van der Waals surface area contributed by atoms with Crippen LogP contribution in [0.5, 0.6) is 0 Å². The molecule has 14 heavy (non-hydrogen) atoms. The van der Waals surface area contributed by atoms with Crippen molar-refractivity contribution in [3.63, 3.8) is 0 Å². The van der Waals surface area contributed by atoms with E-state index in [0.717, 1.165) is 26.2 Å². The molecular formula is C11H22N2O. The molecule has 1 aliphatic heterocycles. The van der Waals surface area contributed by atoms with Gasteiger partial charge in [0.1, 0.15) is 0 Å². The van der Waals surface area contributed by atoms with Gasteiger partial charge in [0.2, 0.25) is 0 Å². The first-order valence-electron chi connectivity index (χ1n) is 5.31. The zero-order chi connectivity index (χ0) is 10.4. The molecule has 0 aromatic carbocycles. The maximum atomic E-state index is 5.24. The standard InChI is InChI=1S/C11H22N2O/c1-10-5-4-6-13(8-10)11(7-12-2)9-14-3/h5,11-12H,4,6-9H2,1-3H3. The zero-order valence-corrected chi connectivity index (χ0v) is 9.55. The average molecular weight is 198 g/mol. The Kier molecular flexibility index (Phi) is 5.15. The summed E-state index contributed by atoms with van der Waals surface area (Å²) in [6.45, 7) is 6.27. The molecule has 1 rings (SSSR count). The number of nitrogens with one attached hydrogen (secondary N) is 1. The molecule has 1 atom stereocenters. The first-order valence-corrected chi connectivity index (χ1v) is 5.31. The molecule has 0 aromatic rings. The van der Waals surface area contributed by atoms with Crippen molar-refractivity contribution in [1.29, 1.82) is 0 Å². The van der Waals surface area contributed by atoms with Crippen molar-refractivity contribution in [3.05, 3.63) is 11.6 Å². The summed E-state index contributed by atoms with van der Waals surface area (Å²) in [5.41, 5.74) is 1.48. The molecule has 0 fully saturated rings. The van der Waals surface area contributed by atoms with Gasteiger partial charge in [-0.15, -0.1) is 0 Å². The van der Waals surface area contributed by atoms with E-state index in [1.165, 1.54) is 12.0 Å². The van der Waals surface area contributed by atoms with Gasteiger partial charge in [0.15, 0.2) is 0 Å². The van der Waals surface area contributed by atoms with Gasteiger partial charge in [-0.2, -0.15) is 0 Å². The minimum absolute atomic E-state index is 0.508. The smallest absolute Gasteiger partial charge is 0.0630 e. The molecule has 0 radical (unpaired) electrons. The lowest BCUT2D eigenvalue weighted by atomic mass is 10.1. The monoisotopic (exact) mass is 198 g/mol. The molecule has 0 saturated heterocycles. The Morgan fingerprint density at radius 3 is 3.00 bits per heavy atom. The third kappa shape index (κ3) is 3.40. The third-order valence-electron chi connectivity index (χ3n) is 2.68. The predicted molar refractivity (Wildman–Crippen MR) is 59.5 cm³/mol.